The highest BCUT2D eigenvalue weighted by Gasteiger charge is 2.17. The van der Waals surface area contributed by atoms with Gasteiger partial charge in [-0.25, -0.2) is 0 Å². The van der Waals surface area contributed by atoms with E-state index in [0.717, 1.165) is 6.07 Å². The van der Waals surface area contributed by atoms with Gasteiger partial charge in [-0.3, -0.25) is 0 Å². The standard InChI is InChI=1S/C11H8N2O2/c1-6(2)10-7(4-12)3-9(14)11(15)8(10)5-13/h3,14-15H,1H2,2H3. The second-order valence-electron chi connectivity index (χ2n) is 3.05. The Morgan fingerprint density at radius 2 is 1.93 bits per heavy atom. The van der Waals surface area contributed by atoms with Crippen molar-refractivity contribution in [3.63, 3.8) is 0 Å². The first-order chi connectivity index (χ1) is 7.02. The number of nitriles is 2. The summed E-state index contributed by atoms with van der Waals surface area (Å²) in [5, 5.41) is 36.3. The van der Waals surface area contributed by atoms with Crippen LogP contribution in [0.4, 0.5) is 0 Å². The normalized spacial score (nSPS) is 9.00. The summed E-state index contributed by atoms with van der Waals surface area (Å²) in [6, 6.07) is 4.69. The molecule has 1 aromatic rings. The summed E-state index contributed by atoms with van der Waals surface area (Å²) in [4.78, 5) is 0. The smallest absolute Gasteiger partial charge is 0.176 e. The number of nitrogens with zero attached hydrogens (tertiary/aromatic N) is 2. The molecular weight excluding hydrogens is 192 g/mol. The second kappa shape index (κ2) is 3.73. The first-order valence-electron chi connectivity index (χ1n) is 4.08. The van der Waals surface area contributed by atoms with Crippen LogP contribution < -0.4 is 0 Å². The van der Waals surface area contributed by atoms with E-state index in [2.05, 4.69) is 6.58 Å². The van der Waals surface area contributed by atoms with Crippen molar-refractivity contribution in [3.05, 3.63) is 29.3 Å². The van der Waals surface area contributed by atoms with Gasteiger partial charge in [-0.15, -0.1) is 0 Å². The molecule has 0 fully saturated rings. The number of rotatable bonds is 1. The van der Waals surface area contributed by atoms with Crippen LogP contribution in [0.3, 0.4) is 0 Å². The third-order valence-electron chi connectivity index (χ3n) is 1.94. The zero-order valence-corrected chi connectivity index (χ0v) is 8.07. The van der Waals surface area contributed by atoms with E-state index < -0.39 is 11.5 Å². The zero-order chi connectivity index (χ0) is 11.6. The molecule has 0 aliphatic rings. The second-order valence-corrected chi connectivity index (χ2v) is 3.05. The zero-order valence-electron chi connectivity index (χ0n) is 8.07. The van der Waals surface area contributed by atoms with Gasteiger partial charge in [0, 0.05) is 11.6 Å². The first-order valence-corrected chi connectivity index (χ1v) is 4.08. The Bertz CT molecular complexity index is 519. The van der Waals surface area contributed by atoms with Crippen LogP contribution in [0.25, 0.3) is 5.57 Å². The van der Waals surface area contributed by atoms with Gasteiger partial charge in [0.25, 0.3) is 0 Å². The molecular formula is C11H8N2O2. The highest BCUT2D eigenvalue weighted by Crippen LogP contribution is 2.36. The third kappa shape index (κ3) is 1.61. The molecule has 0 amide bonds. The van der Waals surface area contributed by atoms with E-state index in [4.69, 9.17) is 10.5 Å². The van der Waals surface area contributed by atoms with Crippen LogP contribution in [-0.2, 0) is 0 Å². The van der Waals surface area contributed by atoms with Crippen molar-refractivity contribution >= 4 is 5.57 Å². The summed E-state index contributed by atoms with van der Waals surface area (Å²) in [5.41, 5.74) is 0.752. The lowest BCUT2D eigenvalue weighted by Gasteiger charge is -2.08. The Labute approximate surface area is 86.9 Å². The van der Waals surface area contributed by atoms with E-state index in [1.165, 1.54) is 0 Å². The molecule has 15 heavy (non-hydrogen) atoms. The first kappa shape index (κ1) is 10.6. The molecule has 0 unspecified atom stereocenters. The molecule has 0 aliphatic carbocycles. The highest BCUT2D eigenvalue weighted by molar-refractivity contribution is 5.77. The molecule has 1 rings (SSSR count). The molecule has 0 radical (unpaired) electrons. The molecule has 0 saturated heterocycles. The Kier molecular flexibility index (Phi) is 2.64. The van der Waals surface area contributed by atoms with E-state index in [1.54, 1.807) is 13.0 Å². The topological polar surface area (TPSA) is 88.0 Å². The maximum atomic E-state index is 9.42. The summed E-state index contributed by atoms with van der Waals surface area (Å²) >= 11 is 0. The Balaban J connectivity index is 3.76. The van der Waals surface area contributed by atoms with Gasteiger partial charge in [-0.05, 0) is 12.5 Å². The number of hydrogen-bond donors (Lipinski definition) is 2. The van der Waals surface area contributed by atoms with Gasteiger partial charge in [0.2, 0.25) is 0 Å². The van der Waals surface area contributed by atoms with Gasteiger partial charge in [-0.2, -0.15) is 10.5 Å². The van der Waals surface area contributed by atoms with Crippen molar-refractivity contribution in [2.45, 2.75) is 6.92 Å². The third-order valence-corrected chi connectivity index (χ3v) is 1.94. The summed E-state index contributed by atoms with van der Waals surface area (Å²) in [6.45, 7) is 5.24. The van der Waals surface area contributed by atoms with Gasteiger partial charge < -0.3 is 10.2 Å². The van der Waals surface area contributed by atoms with Crippen molar-refractivity contribution in [1.82, 2.24) is 0 Å². The highest BCUT2D eigenvalue weighted by atomic mass is 16.3. The molecule has 0 heterocycles. The van der Waals surface area contributed by atoms with E-state index >= 15 is 0 Å². The van der Waals surface area contributed by atoms with Gasteiger partial charge in [0.05, 0.1) is 11.6 Å². The predicted octanol–water partition coefficient (Wildman–Crippen LogP) is 1.87. The predicted molar refractivity (Wildman–Crippen MR) is 53.9 cm³/mol. The number of benzene rings is 1. The van der Waals surface area contributed by atoms with Crippen LogP contribution in [0.15, 0.2) is 12.6 Å². The Morgan fingerprint density at radius 1 is 1.33 bits per heavy atom. The average molecular weight is 200 g/mol. The van der Waals surface area contributed by atoms with Crippen LogP contribution in [0.2, 0.25) is 0 Å². The minimum atomic E-state index is -0.519. The van der Waals surface area contributed by atoms with E-state index in [0.29, 0.717) is 5.57 Å². The number of phenolic OH excluding ortho intramolecular Hbond substituents is 2. The van der Waals surface area contributed by atoms with Crippen molar-refractivity contribution in [1.29, 1.82) is 10.5 Å². The number of aromatic hydroxyl groups is 2. The number of phenols is 2. The van der Waals surface area contributed by atoms with Crippen molar-refractivity contribution in [2.75, 3.05) is 0 Å². The molecule has 0 bridgehead atoms. The van der Waals surface area contributed by atoms with Gasteiger partial charge >= 0.3 is 0 Å². The van der Waals surface area contributed by atoms with Crippen LogP contribution in [0.5, 0.6) is 11.5 Å². The maximum absolute atomic E-state index is 9.42. The Morgan fingerprint density at radius 3 is 2.33 bits per heavy atom. The van der Waals surface area contributed by atoms with Crippen LogP contribution in [-0.4, -0.2) is 10.2 Å². The molecule has 4 heteroatoms. The number of allylic oxidation sites excluding steroid dienone is 1. The van der Waals surface area contributed by atoms with Crippen molar-refractivity contribution < 1.29 is 10.2 Å². The van der Waals surface area contributed by atoms with Crippen molar-refractivity contribution in [2.24, 2.45) is 0 Å². The fraction of sp³-hybridized carbons (Fsp3) is 0.0909. The van der Waals surface area contributed by atoms with Gasteiger partial charge in [-0.1, -0.05) is 6.58 Å². The number of hydrogen-bond acceptors (Lipinski definition) is 4. The van der Waals surface area contributed by atoms with E-state index in [1.807, 2.05) is 6.07 Å². The molecule has 0 atom stereocenters. The largest absolute Gasteiger partial charge is 0.504 e. The van der Waals surface area contributed by atoms with Crippen LogP contribution in [0, 0.1) is 22.7 Å². The monoisotopic (exact) mass is 200 g/mol. The summed E-state index contributed by atoms with van der Waals surface area (Å²) < 4.78 is 0. The lowest BCUT2D eigenvalue weighted by atomic mass is 9.96. The molecule has 0 saturated carbocycles. The molecule has 4 nitrogen and oxygen atoms in total. The van der Waals surface area contributed by atoms with Crippen LogP contribution in [0.1, 0.15) is 23.6 Å². The SMILES string of the molecule is C=C(C)c1c(C#N)cc(O)c(O)c1C#N. The average Bonchev–Trinajstić information content (AvgIpc) is 2.20. The molecule has 2 N–H and O–H groups in total. The van der Waals surface area contributed by atoms with Gasteiger partial charge in [0.1, 0.15) is 11.6 Å². The van der Waals surface area contributed by atoms with E-state index in [-0.39, 0.29) is 16.7 Å². The summed E-state index contributed by atoms with van der Waals surface area (Å²) in [5.74, 6) is -0.998. The fourth-order valence-electron chi connectivity index (χ4n) is 1.30. The van der Waals surface area contributed by atoms with Crippen LogP contribution >= 0.6 is 0 Å². The maximum Gasteiger partial charge on any atom is 0.176 e. The molecule has 74 valence electrons. The Hall–Kier alpha value is -2.46. The lowest BCUT2D eigenvalue weighted by molar-refractivity contribution is 0.402. The fourth-order valence-corrected chi connectivity index (χ4v) is 1.30. The van der Waals surface area contributed by atoms with Gasteiger partial charge in [0.15, 0.2) is 11.5 Å². The molecule has 0 aromatic heterocycles. The minimum Gasteiger partial charge on any atom is -0.504 e. The molecule has 0 aliphatic heterocycles. The van der Waals surface area contributed by atoms with E-state index in [9.17, 15) is 10.2 Å². The molecule has 1 aromatic carbocycles. The minimum absolute atomic E-state index is 0.120. The summed E-state index contributed by atoms with van der Waals surface area (Å²) in [6.07, 6.45) is 0. The summed E-state index contributed by atoms with van der Waals surface area (Å²) in [7, 11) is 0. The van der Waals surface area contributed by atoms with Crippen molar-refractivity contribution in [3.8, 4) is 23.6 Å². The molecule has 0 spiro atoms. The lowest BCUT2D eigenvalue weighted by Crippen LogP contribution is -1.93. The quantitative estimate of drug-likeness (QED) is 0.677.